The van der Waals surface area contributed by atoms with Crippen molar-refractivity contribution in [3.05, 3.63) is 54.1 Å². The second-order valence-corrected chi connectivity index (χ2v) is 8.03. The van der Waals surface area contributed by atoms with E-state index in [-0.39, 0.29) is 10.6 Å². The number of sulfonamides is 2. The van der Waals surface area contributed by atoms with E-state index in [0.717, 1.165) is 36.6 Å². The van der Waals surface area contributed by atoms with Crippen LogP contribution in [0.4, 0.5) is 20.2 Å². The van der Waals surface area contributed by atoms with Crippen LogP contribution in [0.15, 0.2) is 47.4 Å². The molecule has 0 amide bonds. The lowest BCUT2D eigenvalue weighted by Crippen LogP contribution is -2.15. The summed E-state index contributed by atoms with van der Waals surface area (Å²) in [6, 6.07) is 7.58. The van der Waals surface area contributed by atoms with Crippen molar-refractivity contribution in [2.75, 3.05) is 15.7 Å². The first kappa shape index (κ1) is 17.2. The van der Waals surface area contributed by atoms with Gasteiger partial charge in [0.15, 0.2) is 0 Å². The van der Waals surface area contributed by atoms with Gasteiger partial charge in [-0.25, -0.2) is 25.6 Å². The fourth-order valence-electron chi connectivity index (χ4n) is 1.70. The van der Waals surface area contributed by atoms with Gasteiger partial charge in [-0.2, -0.15) is 0 Å². The van der Waals surface area contributed by atoms with Gasteiger partial charge in [-0.05, 0) is 36.4 Å². The summed E-state index contributed by atoms with van der Waals surface area (Å²) in [5.74, 6) is -2.10. The molecule has 0 aliphatic carbocycles. The average molecular weight is 362 g/mol. The highest BCUT2D eigenvalue weighted by Crippen LogP contribution is 2.23. The molecule has 0 fully saturated rings. The third-order valence-electron chi connectivity index (χ3n) is 2.67. The van der Waals surface area contributed by atoms with Crippen LogP contribution in [0.1, 0.15) is 0 Å². The Morgan fingerprint density at radius 3 is 1.83 bits per heavy atom. The van der Waals surface area contributed by atoms with Crippen molar-refractivity contribution in [1.29, 1.82) is 0 Å². The Labute approximate surface area is 132 Å². The third kappa shape index (κ3) is 4.39. The summed E-state index contributed by atoms with van der Waals surface area (Å²) >= 11 is 0. The van der Waals surface area contributed by atoms with E-state index < -0.39 is 37.4 Å². The Bertz CT molecular complexity index is 907. The quantitative estimate of drug-likeness (QED) is 0.852. The molecule has 0 aromatic heterocycles. The van der Waals surface area contributed by atoms with Crippen LogP contribution in [0, 0.1) is 11.6 Å². The number of halogens is 2. The molecule has 0 bridgehead atoms. The molecule has 2 rings (SSSR count). The molecule has 0 aliphatic rings. The van der Waals surface area contributed by atoms with Crippen molar-refractivity contribution in [3.63, 3.8) is 0 Å². The van der Waals surface area contributed by atoms with Crippen molar-refractivity contribution in [1.82, 2.24) is 0 Å². The predicted molar refractivity (Wildman–Crippen MR) is 82.1 cm³/mol. The Hall–Kier alpha value is -2.20. The molecule has 0 saturated carbocycles. The van der Waals surface area contributed by atoms with Gasteiger partial charge in [0.25, 0.3) is 10.0 Å². The number of hydrogen-bond donors (Lipinski definition) is 2. The van der Waals surface area contributed by atoms with Crippen LogP contribution in [0.5, 0.6) is 0 Å². The molecule has 10 heteroatoms. The van der Waals surface area contributed by atoms with Crippen LogP contribution < -0.4 is 9.44 Å². The molecular formula is C13H12F2N2O4S2. The summed E-state index contributed by atoms with van der Waals surface area (Å²) in [5, 5.41) is 0. The largest absolute Gasteiger partial charge is 0.284 e. The molecule has 6 nitrogen and oxygen atoms in total. The molecule has 2 N–H and O–H groups in total. The highest BCUT2D eigenvalue weighted by atomic mass is 32.2. The highest BCUT2D eigenvalue weighted by Gasteiger charge is 2.19. The highest BCUT2D eigenvalue weighted by molar-refractivity contribution is 7.92. The van der Waals surface area contributed by atoms with Crippen LogP contribution in [0.25, 0.3) is 0 Å². The lowest BCUT2D eigenvalue weighted by atomic mass is 10.3. The Kier molecular flexibility index (Phi) is 4.57. The minimum atomic E-state index is -4.23. The van der Waals surface area contributed by atoms with Gasteiger partial charge in [-0.1, -0.05) is 6.07 Å². The Morgan fingerprint density at radius 2 is 1.35 bits per heavy atom. The van der Waals surface area contributed by atoms with E-state index in [1.165, 1.54) is 12.1 Å². The number of benzene rings is 2. The maximum Gasteiger partial charge on any atom is 0.262 e. The number of hydrogen-bond acceptors (Lipinski definition) is 4. The smallest absolute Gasteiger partial charge is 0.262 e. The second kappa shape index (κ2) is 6.13. The summed E-state index contributed by atoms with van der Waals surface area (Å²) < 4.78 is 77.4. The zero-order valence-electron chi connectivity index (χ0n) is 11.7. The zero-order chi connectivity index (χ0) is 17.3. The van der Waals surface area contributed by atoms with E-state index in [2.05, 4.69) is 4.72 Å². The summed E-state index contributed by atoms with van der Waals surface area (Å²) in [6.07, 6.45) is 0.945. The Balaban J connectivity index is 2.30. The van der Waals surface area contributed by atoms with Gasteiger partial charge in [0.05, 0.1) is 11.2 Å². The number of anilines is 2. The van der Waals surface area contributed by atoms with Crippen LogP contribution in [0.2, 0.25) is 0 Å². The van der Waals surface area contributed by atoms with Gasteiger partial charge in [-0.15, -0.1) is 0 Å². The van der Waals surface area contributed by atoms with Gasteiger partial charge >= 0.3 is 0 Å². The minimum Gasteiger partial charge on any atom is -0.284 e. The normalized spacial score (nSPS) is 12.0. The van der Waals surface area contributed by atoms with E-state index in [1.807, 2.05) is 4.72 Å². The lowest BCUT2D eigenvalue weighted by Gasteiger charge is -2.10. The summed E-state index contributed by atoms with van der Waals surface area (Å²) in [6.45, 7) is 0. The molecule has 2 aromatic rings. The molecule has 124 valence electrons. The van der Waals surface area contributed by atoms with Crippen LogP contribution in [-0.4, -0.2) is 23.1 Å². The second-order valence-electron chi connectivity index (χ2n) is 4.60. The predicted octanol–water partition coefficient (Wildman–Crippen LogP) is 2.14. The van der Waals surface area contributed by atoms with E-state index in [4.69, 9.17) is 0 Å². The molecule has 23 heavy (non-hydrogen) atoms. The van der Waals surface area contributed by atoms with Crippen molar-refractivity contribution < 1.29 is 25.6 Å². The SMILES string of the molecule is CS(=O)(=O)Nc1ccc(S(=O)(=O)Nc2c(F)cccc2F)cc1. The molecule has 0 radical (unpaired) electrons. The van der Waals surface area contributed by atoms with Crippen molar-refractivity contribution in [2.24, 2.45) is 0 Å². The van der Waals surface area contributed by atoms with E-state index in [1.54, 1.807) is 0 Å². The van der Waals surface area contributed by atoms with Gasteiger partial charge < -0.3 is 0 Å². The molecule has 0 aliphatic heterocycles. The molecule has 0 spiro atoms. The monoisotopic (exact) mass is 362 g/mol. The van der Waals surface area contributed by atoms with Crippen molar-refractivity contribution in [3.8, 4) is 0 Å². The van der Waals surface area contributed by atoms with Gasteiger partial charge in [-0.3, -0.25) is 9.44 Å². The first-order valence-corrected chi connectivity index (χ1v) is 9.51. The zero-order valence-corrected chi connectivity index (χ0v) is 13.4. The number of para-hydroxylation sites is 1. The maximum absolute atomic E-state index is 13.5. The number of nitrogens with one attached hydrogen (secondary N) is 2. The van der Waals surface area contributed by atoms with Crippen molar-refractivity contribution in [2.45, 2.75) is 4.90 Å². The van der Waals surface area contributed by atoms with Crippen LogP contribution in [-0.2, 0) is 20.0 Å². The topological polar surface area (TPSA) is 92.3 Å². The molecule has 0 saturated heterocycles. The Morgan fingerprint density at radius 1 is 0.826 bits per heavy atom. The fourth-order valence-corrected chi connectivity index (χ4v) is 3.35. The van der Waals surface area contributed by atoms with Gasteiger partial charge in [0, 0.05) is 5.69 Å². The standard InChI is InChI=1S/C13H12F2N2O4S2/c1-22(18,19)16-9-5-7-10(8-6-9)23(20,21)17-13-11(14)3-2-4-12(13)15/h2-8,16-17H,1H3. The lowest BCUT2D eigenvalue weighted by molar-refractivity contribution is 0.583. The summed E-state index contributed by atoms with van der Waals surface area (Å²) in [4.78, 5) is -0.279. The summed E-state index contributed by atoms with van der Waals surface area (Å²) in [5.41, 5.74) is -0.630. The number of rotatable bonds is 5. The van der Waals surface area contributed by atoms with Crippen molar-refractivity contribution >= 4 is 31.4 Å². The molecule has 0 atom stereocenters. The third-order valence-corrected chi connectivity index (χ3v) is 4.64. The maximum atomic E-state index is 13.5. The molecule has 0 unspecified atom stereocenters. The fraction of sp³-hybridized carbons (Fsp3) is 0.0769. The average Bonchev–Trinajstić information content (AvgIpc) is 2.42. The van der Waals surface area contributed by atoms with Crippen LogP contribution >= 0.6 is 0 Å². The van der Waals surface area contributed by atoms with Crippen LogP contribution in [0.3, 0.4) is 0 Å². The van der Waals surface area contributed by atoms with E-state index >= 15 is 0 Å². The first-order chi connectivity index (χ1) is 10.6. The summed E-state index contributed by atoms with van der Waals surface area (Å²) in [7, 11) is -7.73. The molecule has 2 aromatic carbocycles. The molecule has 0 heterocycles. The first-order valence-electron chi connectivity index (χ1n) is 6.13. The van der Waals surface area contributed by atoms with Gasteiger partial charge in [0.1, 0.15) is 17.3 Å². The molecular weight excluding hydrogens is 350 g/mol. The minimum absolute atomic E-state index is 0.156. The van der Waals surface area contributed by atoms with E-state index in [9.17, 15) is 25.6 Å². The van der Waals surface area contributed by atoms with Gasteiger partial charge in [0.2, 0.25) is 10.0 Å². The van der Waals surface area contributed by atoms with E-state index in [0.29, 0.717) is 0 Å².